The lowest BCUT2D eigenvalue weighted by Crippen LogP contribution is -2.61. The average molecular weight is 1460 g/mol. The zero-order valence-electron chi connectivity index (χ0n) is 57.4. The zero-order valence-corrected chi connectivity index (χ0v) is 59.9. The number of nitrogens with one attached hydrogen (secondary N) is 7. The van der Waals surface area contributed by atoms with Gasteiger partial charge in [-0.1, -0.05) is 68.3 Å². The van der Waals surface area contributed by atoms with Gasteiger partial charge in [0.15, 0.2) is 0 Å². The molecule has 2 aromatic rings. The Morgan fingerprint density at radius 1 is 0.720 bits per heavy atom. The number of likely N-dealkylation sites (N-methyl/N-ethyl adjacent to an activating group) is 2. The van der Waals surface area contributed by atoms with E-state index in [4.69, 9.17) is 5.73 Å². The lowest BCUT2D eigenvalue weighted by molar-refractivity contribution is -0.144. The van der Waals surface area contributed by atoms with Crippen LogP contribution < -0.4 is 43.1 Å². The van der Waals surface area contributed by atoms with Crippen LogP contribution in [0.4, 0.5) is 0 Å². The molecule has 7 atom stereocenters. The van der Waals surface area contributed by atoms with Crippen molar-refractivity contribution in [3.63, 3.8) is 0 Å². The molecule has 2 aromatic carbocycles. The lowest BCUT2D eigenvalue weighted by atomic mass is 10.0. The third kappa shape index (κ3) is 30.6. The van der Waals surface area contributed by atoms with Gasteiger partial charge in [-0.3, -0.25) is 82.6 Å². The molecule has 2 bridgehead atoms. The number of hydrazine groups is 1. The molecule has 0 saturated carbocycles. The number of rotatable bonds is 26. The number of carbonyl (C=O) groups excluding carboxylic acids is 9. The van der Waals surface area contributed by atoms with Crippen LogP contribution in [0.1, 0.15) is 81.0 Å². The van der Waals surface area contributed by atoms with Crippen LogP contribution in [-0.2, 0) is 81.2 Å². The number of carboxylic acid groups (broad SMARTS) is 3. The molecule has 3 aliphatic rings. The Hall–Kier alpha value is -7.19. The van der Waals surface area contributed by atoms with Gasteiger partial charge in [-0.25, -0.2) is 0 Å². The summed E-state index contributed by atoms with van der Waals surface area (Å²) < 4.78 is 0. The van der Waals surface area contributed by atoms with Gasteiger partial charge in [0, 0.05) is 127 Å². The minimum atomic E-state index is -1.70. The molecule has 0 spiro atoms. The number of thioether (sulfide) groups is 3. The van der Waals surface area contributed by atoms with E-state index in [0.29, 0.717) is 46.6 Å². The quantitative estimate of drug-likeness (QED) is 0.0354. The van der Waals surface area contributed by atoms with E-state index in [1.807, 2.05) is 30.0 Å². The van der Waals surface area contributed by atoms with Crippen LogP contribution in [0, 0.1) is 5.21 Å². The second-order valence-electron chi connectivity index (χ2n) is 25.0. The number of hydrogen-bond donors (Lipinski definition) is 12. The van der Waals surface area contributed by atoms with E-state index in [0.717, 1.165) is 29.5 Å². The maximum absolute atomic E-state index is 14.5. The van der Waals surface area contributed by atoms with Crippen molar-refractivity contribution in [1.82, 2.24) is 71.9 Å². The number of unbranched alkanes of at least 4 members (excludes halogenated alkanes) is 2. The normalized spacial score (nSPS) is 22.3. The summed E-state index contributed by atoms with van der Waals surface area (Å²) in [7, 11) is 2.82. The molecule has 9 amide bonds. The van der Waals surface area contributed by atoms with E-state index in [1.165, 1.54) is 66.1 Å². The molecule has 32 nitrogen and oxygen atoms in total. The van der Waals surface area contributed by atoms with Gasteiger partial charge in [-0.2, -0.15) is 35.3 Å². The average Bonchev–Trinajstić information content (AvgIpc) is 1.60. The largest absolute Gasteiger partial charge is 0.772 e. The van der Waals surface area contributed by atoms with Crippen LogP contribution in [0.3, 0.4) is 0 Å². The van der Waals surface area contributed by atoms with E-state index >= 15 is 0 Å². The van der Waals surface area contributed by atoms with Gasteiger partial charge in [0.2, 0.25) is 53.2 Å². The second kappa shape index (κ2) is 44.2. The summed E-state index contributed by atoms with van der Waals surface area (Å²) in [4.78, 5) is 170. The Kier molecular flexibility index (Phi) is 36.9. The number of carboxylic acids is 3. The molecule has 0 aromatic heterocycles. The van der Waals surface area contributed by atoms with Crippen molar-refractivity contribution in [2.24, 2.45) is 5.73 Å². The Morgan fingerprint density at radius 3 is 1.83 bits per heavy atom. The predicted molar refractivity (Wildman–Crippen MR) is 378 cm³/mol. The maximum Gasteiger partial charge on any atom is 0.317 e. The highest BCUT2D eigenvalue weighted by atomic mass is 32.2. The van der Waals surface area contributed by atoms with Crippen LogP contribution in [0.5, 0.6) is 0 Å². The highest BCUT2D eigenvalue weighted by molar-refractivity contribution is 7.99. The molecule has 5 rings (SSSR count). The van der Waals surface area contributed by atoms with Crippen molar-refractivity contribution in [2.75, 3.05) is 136 Å². The third-order valence-corrected chi connectivity index (χ3v) is 20.0. The number of amides is 9. The van der Waals surface area contributed by atoms with Crippen molar-refractivity contribution in [1.29, 1.82) is 0 Å². The van der Waals surface area contributed by atoms with Crippen molar-refractivity contribution < 1.29 is 78.0 Å². The fourth-order valence-corrected chi connectivity index (χ4v) is 14.2. The first-order valence-electron chi connectivity index (χ1n) is 33.6. The van der Waals surface area contributed by atoms with Gasteiger partial charge in [0.05, 0.1) is 38.8 Å². The highest BCUT2D eigenvalue weighted by Gasteiger charge is 2.39. The maximum atomic E-state index is 14.5. The first-order chi connectivity index (χ1) is 47.7. The van der Waals surface area contributed by atoms with Crippen molar-refractivity contribution >= 4 is 106 Å². The Labute approximate surface area is 596 Å². The van der Waals surface area contributed by atoms with Gasteiger partial charge >= 0.3 is 17.9 Å². The van der Waals surface area contributed by atoms with Gasteiger partial charge < -0.3 is 78.2 Å². The third-order valence-electron chi connectivity index (χ3n) is 16.8. The van der Waals surface area contributed by atoms with Crippen LogP contribution in [0.25, 0.3) is 0 Å². The SMILES string of the molecule is CCCCCN([O-])N[C@H]1CSCc2cc(CSCCNC(=O)CN3CCN(CC(=O)O)CCN(CC(=O)O)CCN(CC(=O)O)CC3)cc(c2)CSC[C@@H](C(=O)NC)NC(=O)[C@H](Cc2ccccc2)NC(=O)[C@H](CCC(N)=O)NC(=O)[C@H]([C@@H](C)O)NC(=O)[C@@H]2CCCN2C(=O)CN(C)C1=O. The summed E-state index contributed by atoms with van der Waals surface area (Å²) in [5.41, 5.74) is 11.5. The Morgan fingerprint density at radius 2 is 1.28 bits per heavy atom. The topological polar surface area (TPSA) is 442 Å². The lowest BCUT2D eigenvalue weighted by Gasteiger charge is -2.35. The minimum Gasteiger partial charge on any atom is -0.772 e. The number of aliphatic hydroxyl groups excluding tert-OH is 1. The standard InChI is InChI=1S/C65H100N15O17S3/c1-5-6-10-19-80(97)73-51-42-100-40-47-30-45(38-98-28-17-68-54(83)33-75-20-22-76(35-56(85)86)24-26-78(37-58(89)90)27-25-77(23-21-75)36-57(87)88)29-46(31-47)39-99-41-50(60(91)67-3)71-62(93)49(32-44-12-8-7-9-13-44)70-61(92)48(15-16-53(66)82)69-64(95)59(43(2)81)72-63(94)52-14-11-18-79(52)55(84)34-74(4)65(51)96/h7-9,12-13,29-31,43,48-52,59,73,81H,5-6,10-11,14-28,32-42H2,1-4H3,(H2,66,82)(H,67,91)(H,68,83)(H,69,95)(H,70,92)(H,71,93)(H,72,94)(H,85,86)(H,87,88)(H,89,90)/q-1/t43-,48+,49+,50+,51+,52+,59+/m1/s1. The number of nitrogens with two attached hydrogens (primary N) is 1. The van der Waals surface area contributed by atoms with Crippen LogP contribution in [-0.4, -0.2) is 304 Å². The monoisotopic (exact) mass is 1460 g/mol. The van der Waals surface area contributed by atoms with E-state index in [2.05, 4.69) is 37.3 Å². The highest BCUT2D eigenvalue weighted by Crippen LogP contribution is 2.25. The first-order valence-corrected chi connectivity index (χ1v) is 37.0. The number of nitrogens with zero attached hydrogens (tertiary/aromatic N) is 7. The number of benzene rings is 2. The molecule has 2 fully saturated rings. The molecule has 100 heavy (non-hydrogen) atoms. The molecule has 3 aliphatic heterocycles. The molecule has 2 saturated heterocycles. The molecule has 556 valence electrons. The molecule has 35 heteroatoms. The predicted octanol–water partition coefficient (Wildman–Crippen LogP) is -2.12. The zero-order chi connectivity index (χ0) is 73.3. The molecule has 0 unspecified atom stereocenters. The summed E-state index contributed by atoms with van der Waals surface area (Å²) in [6.07, 6.45) is 0.228. The Bertz CT molecular complexity index is 3020. The molecular formula is C65H100N15O17S3-. The number of aliphatic hydroxyl groups is 1. The summed E-state index contributed by atoms with van der Waals surface area (Å²) >= 11 is 4.21. The van der Waals surface area contributed by atoms with Crippen molar-refractivity contribution in [3.8, 4) is 0 Å². The van der Waals surface area contributed by atoms with Gasteiger partial charge in [0.25, 0.3) is 0 Å². The van der Waals surface area contributed by atoms with Crippen LogP contribution in [0.15, 0.2) is 48.5 Å². The van der Waals surface area contributed by atoms with E-state index in [9.17, 15) is 83.2 Å². The first kappa shape index (κ1) is 83.5. The molecular weight excluding hydrogens is 1360 g/mol. The fraction of sp³-hybridized carbons (Fsp3) is 0.631. The van der Waals surface area contributed by atoms with Crippen LogP contribution in [0.2, 0.25) is 0 Å². The van der Waals surface area contributed by atoms with E-state index in [1.54, 1.807) is 45.0 Å². The molecule has 0 radical (unpaired) electrons. The smallest absolute Gasteiger partial charge is 0.317 e. The minimum absolute atomic E-state index is 0.0317. The van der Waals surface area contributed by atoms with Crippen LogP contribution >= 0.6 is 35.3 Å². The number of hydroxylamine groups is 1. The number of aliphatic carboxylic acids is 3. The summed E-state index contributed by atoms with van der Waals surface area (Å²) in [6, 6.07) is 6.55. The summed E-state index contributed by atoms with van der Waals surface area (Å²) in [5, 5.41) is 69.9. The van der Waals surface area contributed by atoms with E-state index < -0.39 is 120 Å². The van der Waals surface area contributed by atoms with Gasteiger partial charge in [-0.15, -0.1) is 0 Å². The summed E-state index contributed by atoms with van der Waals surface area (Å²) in [6.45, 7) is 4.11. The number of primary amides is 1. The van der Waals surface area contributed by atoms with Crippen molar-refractivity contribution in [3.05, 3.63) is 76.0 Å². The number of fused-ring (bicyclic) bond motifs is 3. The fourth-order valence-electron chi connectivity index (χ4n) is 11.5. The van der Waals surface area contributed by atoms with E-state index in [-0.39, 0.29) is 135 Å². The molecule has 0 aliphatic carbocycles. The van der Waals surface area contributed by atoms with Gasteiger partial charge in [0.1, 0.15) is 36.3 Å². The second-order valence-corrected chi connectivity index (χ2v) is 28.2. The van der Waals surface area contributed by atoms with Gasteiger partial charge in [-0.05, 0) is 61.4 Å². The molecule has 13 N–H and O–H groups in total. The Balaban J connectivity index is 1.42. The van der Waals surface area contributed by atoms with Crippen molar-refractivity contribution in [2.45, 2.75) is 125 Å². The number of hydrogen-bond acceptors (Lipinski definition) is 23. The number of carbonyl (C=O) groups is 12. The summed E-state index contributed by atoms with van der Waals surface area (Å²) in [5.74, 6) is -7.97. The molecule has 3 heterocycles.